The third kappa shape index (κ3) is 1.73. The number of hydrogen-bond acceptors (Lipinski definition) is 0. The molecule has 0 unspecified atom stereocenters. The monoisotopic (exact) mass is 132 g/mol. The van der Waals surface area contributed by atoms with Crippen LogP contribution in [0.1, 0.15) is 12.8 Å². The van der Waals surface area contributed by atoms with Crippen LogP contribution in [0.4, 0.5) is 0 Å². The normalized spacial score (nSPS) is 21.6. The summed E-state index contributed by atoms with van der Waals surface area (Å²) in [5, 5.41) is 0. The Kier molecular flexibility index (Phi) is 2.27. The molecule has 0 aromatic heterocycles. The highest BCUT2D eigenvalue weighted by molar-refractivity contribution is 5.30. The summed E-state index contributed by atoms with van der Waals surface area (Å²) in [6.45, 7) is 7.53. The zero-order chi connectivity index (χ0) is 7.40. The van der Waals surface area contributed by atoms with Gasteiger partial charge in [0.25, 0.3) is 0 Å². The molecule has 0 amide bonds. The molecule has 0 aromatic rings. The highest BCUT2D eigenvalue weighted by Gasteiger charge is 2.00. The highest BCUT2D eigenvalue weighted by Crippen LogP contribution is 2.20. The minimum atomic E-state index is 1.02. The SMILES string of the molecule is C=C/C=C1\CC=CC(=C)C1. The topological polar surface area (TPSA) is 0 Å². The molecule has 0 aliphatic heterocycles. The van der Waals surface area contributed by atoms with Gasteiger partial charge >= 0.3 is 0 Å². The molecule has 0 heterocycles. The Labute approximate surface area is 62.3 Å². The summed E-state index contributed by atoms with van der Waals surface area (Å²) in [6.07, 6.45) is 10.2. The van der Waals surface area contributed by atoms with Crippen LogP contribution >= 0.6 is 0 Å². The van der Waals surface area contributed by atoms with Crippen molar-refractivity contribution in [3.63, 3.8) is 0 Å². The molecule has 0 nitrogen and oxygen atoms in total. The van der Waals surface area contributed by atoms with Crippen molar-refractivity contribution in [3.8, 4) is 0 Å². The van der Waals surface area contributed by atoms with Crippen molar-refractivity contribution >= 4 is 0 Å². The minimum absolute atomic E-state index is 1.02. The molecule has 52 valence electrons. The fourth-order valence-electron chi connectivity index (χ4n) is 1.09. The van der Waals surface area contributed by atoms with Crippen molar-refractivity contribution in [1.82, 2.24) is 0 Å². The smallest absolute Gasteiger partial charge is 0.00669 e. The number of hydrogen-bond donors (Lipinski definition) is 0. The second-order valence-corrected chi connectivity index (χ2v) is 2.50. The Morgan fingerprint density at radius 1 is 1.50 bits per heavy atom. The van der Waals surface area contributed by atoms with Crippen molar-refractivity contribution in [1.29, 1.82) is 0 Å². The Balaban J connectivity index is 2.68. The van der Waals surface area contributed by atoms with Gasteiger partial charge in [0, 0.05) is 0 Å². The van der Waals surface area contributed by atoms with E-state index in [9.17, 15) is 0 Å². The molecule has 0 spiro atoms. The lowest BCUT2D eigenvalue weighted by atomic mass is 9.97. The summed E-state index contributed by atoms with van der Waals surface area (Å²) < 4.78 is 0. The van der Waals surface area contributed by atoms with Crippen LogP contribution in [0.15, 0.2) is 48.6 Å². The van der Waals surface area contributed by atoms with Gasteiger partial charge in [-0.1, -0.05) is 48.6 Å². The summed E-state index contributed by atoms with van der Waals surface area (Å²) in [4.78, 5) is 0. The van der Waals surface area contributed by atoms with Crippen LogP contribution in [0, 0.1) is 0 Å². The average Bonchev–Trinajstić information content (AvgIpc) is 1.88. The summed E-state index contributed by atoms with van der Waals surface area (Å²) in [6, 6.07) is 0. The van der Waals surface area contributed by atoms with E-state index >= 15 is 0 Å². The first-order valence-electron chi connectivity index (χ1n) is 3.47. The van der Waals surface area contributed by atoms with Crippen molar-refractivity contribution in [2.45, 2.75) is 12.8 Å². The van der Waals surface area contributed by atoms with Crippen LogP contribution in [-0.4, -0.2) is 0 Å². The van der Waals surface area contributed by atoms with E-state index in [1.54, 1.807) is 0 Å². The molecule has 1 rings (SSSR count). The van der Waals surface area contributed by atoms with Crippen molar-refractivity contribution < 1.29 is 0 Å². The molecule has 0 radical (unpaired) electrons. The van der Waals surface area contributed by atoms with E-state index in [0.717, 1.165) is 12.8 Å². The molecular weight excluding hydrogens is 120 g/mol. The largest absolute Gasteiger partial charge is 0.0991 e. The Morgan fingerprint density at radius 2 is 2.30 bits per heavy atom. The quantitative estimate of drug-likeness (QED) is 0.514. The van der Waals surface area contributed by atoms with Crippen LogP contribution in [0.2, 0.25) is 0 Å². The second kappa shape index (κ2) is 3.21. The van der Waals surface area contributed by atoms with Gasteiger partial charge in [-0.25, -0.2) is 0 Å². The van der Waals surface area contributed by atoms with Gasteiger partial charge in [0.15, 0.2) is 0 Å². The fourth-order valence-corrected chi connectivity index (χ4v) is 1.09. The highest BCUT2D eigenvalue weighted by atomic mass is 14.1. The van der Waals surface area contributed by atoms with E-state index in [4.69, 9.17) is 0 Å². The average molecular weight is 132 g/mol. The first-order chi connectivity index (χ1) is 4.83. The Hall–Kier alpha value is -1.04. The summed E-state index contributed by atoms with van der Waals surface area (Å²) in [5.41, 5.74) is 2.60. The maximum atomic E-state index is 3.88. The van der Waals surface area contributed by atoms with Crippen LogP contribution in [0.5, 0.6) is 0 Å². The predicted octanol–water partition coefficient (Wildman–Crippen LogP) is 3.01. The molecule has 0 atom stereocenters. The standard InChI is InChI=1S/C10H12/c1-3-5-10-7-4-6-9(2)8-10/h3-6H,1-2,7-8H2/b10-5+. The van der Waals surface area contributed by atoms with Crippen LogP contribution in [0.25, 0.3) is 0 Å². The third-order valence-corrected chi connectivity index (χ3v) is 1.54. The molecule has 0 bridgehead atoms. The van der Waals surface area contributed by atoms with Crippen LogP contribution < -0.4 is 0 Å². The minimum Gasteiger partial charge on any atom is -0.0991 e. The Morgan fingerprint density at radius 3 is 2.90 bits per heavy atom. The summed E-state index contributed by atoms with van der Waals surface area (Å²) in [5.74, 6) is 0. The molecule has 1 aliphatic rings. The van der Waals surface area contributed by atoms with Crippen LogP contribution in [-0.2, 0) is 0 Å². The predicted molar refractivity (Wildman–Crippen MR) is 45.8 cm³/mol. The van der Waals surface area contributed by atoms with E-state index < -0.39 is 0 Å². The van der Waals surface area contributed by atoms with E-state index in [1.807, 2.05) is 6.08 Å². The van der Waals surface area contributed by atoms with Crippen molar-refractivity contribution in [2.75, 3.05) is 0 Å². The summed E-state index contributed by atoms with van der Waals surface area (Å²) >= 11 is 0. The maximum Gasteiger partial charge on any atom is -0.00669 e. The molecule has 0 saturated carbocycles. The molecule has 10 heavy (non-hydrogen) atoms. The van der Waals surface area contributed by atoms with Gasteiger partial charge in [0.05, 0.1) is 0 Å². The number of rotatable bonds is 1. The lowest BCUT2D eigenvalue weighted by Crippen LogP contribution is -1.89. The molecule has 0 aromatic carbocycles. The first kappa shape index (κ1) is 7.07. The molecule has 1 aliphatic carbocycles. The van der Waals surface area contributed by atoms with Gasteiger partial charge in [-0.15, -0.1) is 0 Å². The zero-order valence-electron chi connectivity index (χ0n) is 6.14. The summed E-state index contributed by atoms with van der Waals surface area (Å²) in [7, 11) is 0. The molecule has 0 saturated heterocycles. The van der Waals surface area contributed by atoms with E-state index in [1.165, 1.54) is 11.1 Å². The van der Waals surface area contributed by atoms with Crippen molar-refractivity contribution in [3.05, 3.63) is 48.6 Å². The molecular formula is C10H12. The van der Waals surface area contributed by atoms with Crippen molar-refractivity contribution in [2.24, 2.45) is 0 Å². The molecule has 0 fully saturated rings. The van der Waals surface area contributed by atoms with Gasteiger partial charge in [-0.3, -0.25) is 0 Å². The van der Waals surface area contributed by atoms with Gasteiger partial charge in [-0.05, 0) is 12.8 Å². The fraction of sp³-hybridized carbons (Fsp3) is 0.200. The third-order valence-electron chi connectivity index (χ3n) is 1.54. The molecule has 0 heteroatoms. The molecule has 0 N–H and O–H groups in total. The van der Waals surface area contributed by atoms with Gasteiger partial charge in [0.2, 0.25) is 0 Å². The Bertz CT molecular complexity index is 204. The maximum absolute atomic E-state index is 3.88. The van der Waals surface area contributed by atoms with E-state index in [0.29, 0.717) is 0 Å². The zero-order valence-corrected chi connectivity index (χ0v) is 6.14. The number of allylic oxidation sites excluding steroid dienone is 6. The van der Waals surface area contributed by atoms with Gasteiger partial charge in [-0.2, -0.15) is 0 Å². The van der Waals surface area contributed by atoms with Crippen LogP contribution in [0.3, 0.4) is 0 Å². The lowest BCUT2D eigenvalue weighted by molar-refractivity contribution is 1.04. The first-order valence-corrected chi connectivity index (χ1v) is 3.47. The van der Waals surface area contributed by atoms with Gasteiger partial charge < -0.3 is 0 Å². The van der Waals surface area contributed by atoms with Gasteiger partial charge in [0.1, 0.15) is 0 Å². The second-order valence-electron chi connectivity index (χ2n) is 2.50. The van der Waals surface area contributed by atoms with E-state index in [2.05, 4.69) is 31.4 Å². The lowest BCUT2D eigenvalue weighted by Gasteiger charge is -2.08. The van der Waals surface area contributed by atoms with E-state index in [-0.39, 0.29) is 0 Å².